The predicted octanol–water partition coefficient (Wildman–Crippen LogP) is 3.27. The molecule has 1 aromatic carbocycles. The molecule has 0 fully saturated rings. The molecule has 0 unspecified atom stereocenters. The van der Waals surface area contributed by atoms with Gasteiger partial charge >= 0.3 is 0 Å². The first kappa shape index (κ1) is 12.7. The summed E-state index contributed by atoms with van der Waals surface area (Å²) in [6.07, 6.45) is 0. The van der Waals surface area contributed by atoms with Gasteiger partial charge in [0.1, 0.15) is 0 Å². The van der Waals surface area contributed by atoms with E-state index in [1.165, 1.54) is 5.56 Å². The number of aryl methyl sites for hydroxylation is 2. The van der Waals surface area contributed by atoms with Gasteiger partial charge in [0, 0.05) is 29.7 Å². The number of aromatic nitrogens is 1. The summed E-state index contributed by atoms with van der Waals surface area (Å²) in [4.78, 5) is 17.7. The number of amides is 1. The van der Waals surface area contributed by atoms with Gasteiger partial charge in [-0.15, -0.1) is 0 Å². The smallest absolute Gasteiger partial charge is 0.256 e. The Labute approximate surface area is 108 Å². The second kappa shape index (κ2) is 4.84. The summed E-state index contributed by atoms with van der Waals surface area (Å²) in [7, 11) is 0. The van der Waals surface area contributed by atoms with Gasteiger partial charge < -0.3 is 9.88 Å². The Kier molecular flexibility index (Phi) is 3.41. The SMILES string of the molecule is CCN(CC)C(=O)c1c(C)[nH]c2c(C)cccc12. The van der Waals surface area contributed by atoms with E-state index in [-0.39, 0.29) is 5.91 Å². The van der Waals surface area contributed by atoms with Crippen molar-refractivity contribution >= 4 is 16.8 Å². The fourth-order valence-corrected chi connectivity index (χ4v) is 2.44. The highest BCUT2D eigenvalue weighted by Gasteiger charge is 2.20. The summed E-state index contributed by atoms with van der Waals surface area (Å²) in [6, 6.07) is 6.08. The second-order valence-corrected chi connectivity index (χ2v) is 4.60. The molecule has 1 amide bonds. The highest BCUT2D eigenvalue weighted by molar-refractivity contribution is 6.08. The van der Waals surface area contributed by atoms with Crippen LogP contribution in [-0.2, 0) is 0 Å². The lowest BCUT2D eigenvalue weighted by Crippen LogP contribution is -2.30. The Morgan fingerprint density at radius 1 is 1.22 bits per heavy atom. The van der Waals surface area contributed by atoms with E-state index in [4.69, 9.17) is 0 Å². The summed E-state index contributed by atoms with van der Waals surface area (Å²) >= 11 is 0. The van der Waals surface area contributed by atoms with Crippen LogP contribution in [0.15, 0.2) is 18.2 Å². The molecular formula is C15H20N2O. The summed E-state index contributed by atoms with van der Waals surface area (Å²) in [5, 5.41) is 1.03. The minimum absolute atomic E-state index is 0.120. The van der Waals surface area contributed by atoms with E-state index >= 15 is 0 Å². The lowest BCUT2D eigenvalue weighted by atomic mass is 10.1. The highest BCUT2D eigenvalue weighted by atomic mass is 16.2. The molecule has 18 heavy (non-hydrogen) atoms. The van der Waals surface area contributed by atoms with Crippen molar-refractivity contribution in [2.24, 2.45) is 0 Å². The molecule has 1 N–H and O–H groups in total. The quantitative estimate of drug-likeness (QED) is 0.883. The molecule has 3 heteroatoms. The first-order chi connectivity index (χ1) is 8.60. The Morgan fingerprint density at radius 2 is 1.89 bits per heavy atom. The zero-order valence-electron chi connectivity index (χ0n) is 11.5. The third-order valence-corrected chi connectivity index (χ3v) is 3.49. The van der Waals surface area contributed by atoms with Crippen LogP contribution >= 0.6 is 0 Å². The van der Waals surface area contributed by atoms with Crippen LogP contribution in [0, 0.1) is 13.8 Å². The molecule has 2 rings (SSSR count). The number of fused-ring (bicyclic) bond motifs is 1. The molecule has 2 aromatic rings. The molecule has 0 aliphatic carbocycles. The number of carbonyl (C=O) groups is 1. The number of H-pyrrole nitrogens is 1. The van der Waals surface area contributed by atoms with Gasteiger partial charge in [-0.05, 0) is 33.3 Å². The number of nitrogens with one attached hydrogen (secondary N) is 1. The van der Waals surface area contributed by atoms with E-state index in [1.807, 2.05) is 37.8 Å². The number of hydrogen-bond donors (Lipinski definition) is 1. The fourth-order valence-electron chi connectivity index (χ4n) is 2.44. The van der Waals surface area contributed by atoms with Crippen molar-refractivity contribution in [1.82, 2.24) is 9.88 Å². The molecule has 1 aromatic heterocycles. The van der Waals surface area contributed by atoms with Crippen molar-refractivity contribution in [1.29, 1.82) is 0 Å². The van der Waals surface area contributed by atoms with Gasteiger partial charge in [-0.1, -0.05) is 18.2 Å². The first-order valence-electron chi connectivity index (χ1n) is 6.47. The number of rotatable bonds is 3. The van der Waals surface area contributed by atoms with Gasteiger partial charge in [0.05, 0.1) is 5.56 Å². The molecule has 0 spiro atoms. The Balaban J connectivity index is 2.61. The van der Waals surface area contributed by atoms with Crippen LogP contribution < -0.4 is 0 Å². The number of hydrogen-bond acceptors (Lipinski definition) is 1. The summed E-state index contributed by atoms with van der Waals surface area (Å²) in [6.45, 7) is 9.54. The number of carbonyl (C=O) groups excluding carboxylic acids is 1. The van der Waals surface area contributed by atoms with E-state index < -0.39 is 0 Å². The molecule has 0 radical (unpaired) electrons. The van der Waals surface area contributed by atoms with Crippen molar-refractivity contribution < 1.29 is 4.79 Å². The molecule has 0 saturated carbocycles. The van der Waals surface area contributed by atoms with Gasteiger partial charge in [0.2, 0.25) is 0 Å². The molecule has 0 aliphatic heterocycles. The molecule has 0 bridgehead atoms. The number of para-hydroxylation sites is 1. The van der Waals surface area contributed by atoms with Crippen LogP contribution in [0.25, 0.3) is 10.9 Å². The molecule has 0 atom stereocenters. The summed E-state index contributed by atoms with van der Waals surface area (Å²) in [5.41, 5.74) is 4.02. The highest BCUT2D eigenvalue weighted by Crippen LogP contribution is 2.25. The van der Waals surface area contributed by atoms with E-state index in [9.17, 15) is 4.79 Å². The number of benzene rings is 1. The van der Waals surface area contributed by atoms with Crippen molar-refractivity contribution in [2.75, 3.05) is 13.1 Å². The molecule has 0 saturated heterocycles. The minimum atomic E-state index is 0.120. The van der Waals surface area contributed by atoms with Crippen molar-refractivity contribution in [2.45, 2.75) is 27.7 Å². The number of nitrogens with zero attached hydrogens (tertiary/aromatic N) is 1. The normalized spacial score (nSPS) is 10.9. The van der Waals surface area contributed by atoms with E-state index in [2.05, 4.69) is 18.0 Å². The van der Waals surface area contributed by atoms with Crippen LogP contribution in [0.5, 0.6) is 0 Å². The van der Waals surface area contributed by atoms with Crippen LogP contribution in [0.4, 0.5) is 0 Å². The fraction of sp³-hybridized carbons (Fsp3) is 0.400. The van der Waals surface area contributed by atoms with Gasteiger partial charge in [-0.3, -0.25) is 4.79 Å². The van der Waals surface area contributed by atoms with Crippen molar-refractivity contribution in [3.63, 3.8) is 0 Å². The number of aromatic amines is 1. The van der Waals surface area contributed by atoms with Gasteiger partial charge in [0.15, 0.2) is 0 Å². The molecule has 0 aliphatic rings. The molecular weight excluding hydrogens is 224 g/mol. The van der Waals surface area contributed by atoms with Crippen LogP contribution in [0.2, 0.25) is 0 Å². The Bertz CT molecular complexity index is 579. The van der Waals surface area contributed by atoms with Gasteiger partial charge in [-0.2, -0.15) is 0 Å². The van der Waals surface area contributed by atoms with Gasteiger partial charge in [-0.25, -0.2) is 0 Å². The van der Waals surface area contributed by atoms with Crippen molar-refractivity contribution in [3.05, 3.63) is 35.0 Å². The maximum atomic E-state index is 12.5. The van der Waals surface area contributed by atoms with Crippen LogP contribution in [0.1, 0.15) is 35.5 Å². The molecule has 3 nitrogen and oxygen atoms in total. The summed E-state index contributed by atoms with van der Waals surface area (Å²) < 4.78 is 0. The standard InChI is InChI=1S/C15H20N2O/c1-5-17(6-2)15(18)13-11(4)16-14-10(3)8-7-9-12(13)14/h7-9,16H,5-6H2,1-4H3. The first-order valence-corrected chi connectivity index (χ1v) is 6.47. The predicted molar refractivity (Wildman–Crippen MR) is 75.0 cm³/mol. The van der Waals surface area contributed by atoms with Gasteiger partial charge in [0.25, 0.3) is 5.91 Å². The third kappa shape index (κ3) is 1.90. The van der Waals surface area contributed by atoms with Crippen LogP contribution in [0.3, 0.4) is 0 Å². The maximum Gasteiger partial charge on any atom is 0.256 e. The Hall–Kier alpha value is -1.77. The summed E-state index contributed by atoms with van der Waals surface area (Å²) in [5.74, 6) is 0.120. The lowest BCUT2D eigenvalue weighted by molar-refractivity contribution is 0.0774. The zero-order chi connectivity index (χ0) is 13.3. The second-order valence-electron chi connectivity index (χ2n) is 4.60. The molecule has 1 heterocycles. The zero-order valence-corrected chi connectivity index (χ0v) is 11.5. The minimum Gasteiger partial charge on any atom is -0.358 e. The average molecular weight is 244 g/mol. The largest absolute Gasteiger partial charge is 0.358 e. The third-order valence-electron chi connectivity index (χ3n) is 3.49. The van der Waals surface area contributed by atoms with Crippen LogP contribution in [-0.4, -0.2) is 28.9 Å². The van der Waals surface area contributed by atoms with E-state index in [0.29, 0.717) is 0 Å². The molecule has 96 valence electrons. The van der Waals surface area contributed by atoms with E-state index in [0.717, 1.165) is 35.2 Å². The maximum absolute atomic E-state index is 12.5. The monoisotopic (exact) mass is 244 g/mol. The topological polar surface area (TPSA) is 36.1 Å². The Morgan fingerprint density at radius 3 is 2.50 bits per heavy atom. The average Bonchev–Trinajstić information content (AvgIpc) is 2.68. The lowest BCUT2D eigenvalue weighted by Gasteiger charge is -2.18. The van der Waals surface area contributed by atoms with Crippen molar-refractivity contribution in [3.8, 4) is 0 Å². The van der Waals surface area contributed by atoms with E-state index in [1.54, 1.807) is 0 Å².